The number of hydrogen-bond acceptors (Lipinski definition) is 3. The SMILES string of the molecule is C[C@H](NC(=O)NC1CCC(=O)N(C)C1)C(=O)O. The van der Waals surface area contributed by atoms with Crippen molar-refractivity contribution >= 4 is 17.9 Å². The van der Waals surface area contributed by atoms with E-state index in [9.17, 15) is 14.4 Å². The molecular formula is C10H17N3O4. The van der Waals surface area contributed by atoms with Crippen LogP contribution in [0, 0.1) is 0 Å². The molecule has 1 heterocycles. The fraction of sp³-hybridized carbons (Fsp3) is 0.700. The molecule has 1 aliphatic heterocycles. The van der Waals surface area contributed by atoms with Crippen molar-refractivity contribution in [2.24, 2.45) is 0 Å². The van der Waals surface area contributed by atoms with Gasteiger partial charge in [-0.05, 0) is 13.3 Å². The number of carboxylic acid groups (broad SMARTS) is 1. The lowest BCUT2D eigenvalue weighted by Crippen LogP contribution is -2.53. The second-order valence-electron chi connectivity index (χ2n) is 4.19. The number of rotatable bonds is 3. The van der Waals surface area contributed by atoms with Crippen molar-refractivity contribution in [1.29, 1.82) is 0 Å². The maximum Gasteiger partial charge on any atom is 0.325 e. The van der Waals surface area contributed by atoms with Crippen LogP contribution in [0.1, 0.15) is 19.8 Å². The Labute approximate surface area is 99.2 Å². The topological polar surface area (TPSA) is 98.7 Å². The van der Waals surface area contributed by atoms with Crippen molar-refractivity contribution in [2.45, 2.75) is 31.8 Å². The lowest BCUT2D eigenvalue weighted by atomic mass is 10.1. The van der Waals surface area contributed by atoms with Gasteiger partial charge in [-0.1, -0.05) is 0 Å². The Morgan fingerprint density at radius 2 is 2.18 bits per heavy atom. The Bertz CT molecular complexity index is 332. The van der Waals surface area contributed by atoms with Crippen LogP contribution in [0.5, 0.6) is 0 Å². The van der Waals surface area contributed by atoms with Crippen LogP contribution in [0.2, 0.25) is 0 Å². The highest BCUT2D eigenvalue weighted by atomic mass is 16.4. The third-order valence-electron chi connectivity index (χ3n) is 2.68. The first-order valence-corrected chi connectivity index (χ1v) is 5.44. The Morgan fingerprint density at radius 3 is 2.71 bits per heavy atom. The summed E-state index contributed by atoms with van der Waals surface area (Å²) in [6.45, 7) is 1.84. The fourth-order valence-electron chi connectivity index (χ4n) is 1.62. The summed E-state index contributed by atoms with van der Waals surface area (Å²) >= 11 is 0. The third-order valence-corrected chi connectivity index (χ3v) is 2.68. The van der Waals surface area contributed by atoms with Gasteiger partial charge in [0.1, 0.15) is 6.04 Å². The minimum atomic E-state index is -1.09. The maximum atomic E-state index is 11.4. The summed E-state index contributed by atoms with van der Waals surface area (Å²) in [4.78, 5) is 34.7. The number of aliphatic carboxylic acids is 1. The number of nitrogens with one attached hydrogen (secondary N) is 2. The van der Waals surface area contributed by atoms with E-state index in [2.05, 4.69) is 10.6 Å². The highest BCUT2D eigenvalue weighted by molar-refractivity contribution is 5.82. The standard InChI is InChI=1S/C10H17N3O4/c1-6(9(15)16)11-10(17)12-7-3-4-8(14)13(2)5-7/h6-7H,3-5H2,1-2H3,(H,15,16)(H2,11,12,17)/t6-,7?/m0/s1. The van der Waals surface area contributed by atoms with Crippen LogP contribution >= 0.6 is 0 Å². The van der Waals surface area contributed by atoms with Crippen molar-refractivity contribution in [2.75, 3.05) is 13.6 Å². The molecule has 1 fully saturated rings. The molecule has 0 radical (unpaired) electrons. The van der Waals surface area contributed by atoms with Crippen LogP contribution in [0.25, 0.3) is 0 Å². The Balaban J connectivity index is 2.37. The molecule has 7 heteroatoms. The minimum Gasteiger partial charge on any atom is -0.480 e. The molecule has 1 saturated heterocycles. The fourth-order valence-corrected chi connectivity index (χ4v) is 1.62. The van der Waals surface area contributed by atoms with Crippen LogP contribution in [0.4, 0.5) is 4.79 Å². The lowest BCUT2D eigenvalue weighted by Gasteiger charge is -2.30. The summed E-state index contributed by atoms with van der Waals surface area (Å²) in [5.74, 6) is -1.03. The number of nitrogens with zero attached hydrogens (tertiary/aromatic N) is 1. The van der Waals surface area contributed by atoms with E-state index in [1.165, 1.54) is 6.92 Å². The molecule has 2 atom stereocenters. The first-order chi connectivity index (χ1) is 7.90. The second kappa shape index (κ2) is 5.51. The van der Waals surface area contributed by atoms with Gasteiger partial charge in [0.25, 0.3) is 0 Å². The molecule has 0 bridgehead atoms. The van der Waals surface area contributed by atoms with Crippen LogP contribution in [0.15, 0.2) is 0 Å². The maximum absolute atomic E-state index is 11.4. The molecule has 3 N–H and O–H groups in total. The lowest BCUT2D eigenvalue weighted by molar-refractivity contribution is -0.138. The van der Waals surface area contributed by atoms with Crippen LogP contribution in [-0.2, 0) is 9.59 Å². The predicted octanol–water partition coefficient (Wildman–Crippen LogP) is -0.620. The average molecular weight is 243 g/mol. The Kier molecular flexibility index (Phi) is 4.30. The molecule has 1 rings (SSSR count). The number of carbonyl (C=O) groups is 3. The van der Waals surface area contributed by atoms with Gasteiger partial charge in [-0.2, -0.15) is 0 Å². The van der Waals surface area contributed by atoms with Crippen LogP contribution in [0.3, 0.4) is 0 Å². The number of hydrogen-bond donors (Lipinski definition) is 3. The molecule has 17 heavy (non-hydrogen) atoms. The van der Waals surface area contributed by atoms with Crippen molar-refractivity contribution in [3.8, 4) is 0 Å². The zero-order chi connectivity index (χ0) is 13.0. The molecule has 3 amide bonds. The van der Waals surface area contributed by atoms with E-state index in [4.69, 9.17) is 5.11 Å². The number of carbonyl (C=O) groups excluding carboxylic acids is 2. The van der Waals surface area contributed by atoms with Gasteiger partial charge in [-0.25, -0.2) is 4.79 Å². The average Bonchev–Trinajstić information content (AvgIpc) is 2.23. The van der Waals surface area contributed by atoms with Gasteiger partial charge in [-0.15, -0.1) is 0 Å². The number of likely N-dealkylation sites (N-methyl/N-ethyl adjacent to an activating group) is 1. The van der Waals surface area contributed by atoms with Crippen molar-refractivity contribution in [1.82, 2.24) is 15.5 Å². The molecule has 1 unspecified atom stereocenters. The smallest absolute Gasteiger partial charge is 0.325 e. The molecule has 1 aliphatic rings. The van der Waals surface area contributed by atoms with Gasteiger partial charge in [0, 0.05) is 26.1 Å². The molecule has 0 spiro atoms. The predicted molar refractivity (Wildman–Crippen MR) is 59.4 cm³/mol. The molecule has 0 aliphatic carbocycles. The van der Waals surface area contributed by atoms with Gasteiger partial charge >= 0.3 is 12.0 Å². The van der Waals surface area contributed by atoms with Crippen molar-refractivity contribution in [3.63, 3.8) is 0 Å². The normalized spacial score (nSPS) is 21.9. The highest BCUT2D eigenvalue weighted by Gasteiger charge is 2.24. The van der Waals surface area contributed by atoms with Crippen LogP contribution in [-0.4, -0.2) is 53.6 Å². The summed E-state index contributed by atoms with van der Waals surface area (Å²) in [5, 5.41) is 13.6. The van der Waals surface area contributed by atoms with E-state index in [1.54, 1.807) is 11.9 Å². The molecular weight excluding hydrogens is 226 g/mol. The number of piperidine rings is 1. The molecule has 7 nitrogen and oxygen atoms in total. The first kappa shape index (κ1) is 13.3. The van der Waals surface area contributed by atoms with Crippen LogP contribution < -0.4 is 10.6 Å². The van der Waals surface area contributed by atoms with E-state index in [1.807, 2.05) is 0 Å². The Hall–Kier alpha value is -1.79. The second-order valence-corrected chi connectivity index (χ2v) is 4.19. The van der Waals surface area contributed by atoms with Gasteiger partial charge in [0.2, 0.25) is 5.91 Å². The summed E-state index contributed by atoms with van der Waals surface area (Å²) < 4.78 is 0. The van der Waals surface area contributed by atoms with Crippen molar-refractivity contribution < 1.29 is 19.5 Å². The van der Waals surface area contributed by atoms with E-state index in [0.29, 0.717) is 19.4 Å². The molecule has 0 aromatic rings. The van der Waals surface area contributed by atoms with E-state index in [-0.39, 0.29) is 11.9 Å². The zero-order valence-electron chi connectivity index (χ0n) is 9.90. The number of amides is 3. The highest BCUT2D eigenvalue weighted by Crippen LogP contribution is 2.09. The summed E-state index contributed by atoms with van der Waals surface area (Å²) in [6.07, 6.45) is 0.980. The number of carboxylic acids is 1. The molecule has 0 aromatic heterocycles. The van der Waals surface area contributed by atoms with E-state index < -0.39 is 18.0 Å². The number of urea groups is 1. The van der Waals surface area contributed by atoms with Gasteiger partial charge in [-0.3, -0.25) is 9.59 Å². The molecule has 0 saturated carbocycles. The summed E-state index contributed by atoms with van der Waals surface area (Å²) in [6, 6.07) is -1.58. The van der Waals surface area contributed by atoms with E-state index >= 15 is 0 Å². The van der Waals surface area contributed by atoms with Gasteiger partial charge in [0.15, 0.2) is 0 Å². The van der Waals surface area contributed by atoms with Gasteiger partial charge < -0.3 is 20.6 Å². The summed E-state index contributed by atoms with van der Waals surface area (Å²) in [5.41, 5.74) is 0. The number of likely N-dealkylation sites (tertiary alicyclic amines) is 1. The Morgan fingerprint density at radius 1 is 1.53 bits per heavy atom. The minimum absolute atomic E-state index is 0.0577. The third kappa shape index (κ3) is 3.93. The largest absolute Gasteiger partial charge is 0.480 e. The van der Waals surface area contributed by atoms with Crippen molar-refractivity contribution in [3.05, 3.63) is 0 Å². The van der Waals surface area contributed by atoms with Gasteiger partial charge in [0.05, 0.1) is 0 Å². The first-order valence-electron chi connectivity index (χ1n) is 5.44. The summed E-state index contributed by atoms with van der Waals surface area (Å²) in [7, 11) is 1.67. The monoisotopic (exact) mass is 243 g/mol. The quantitative estimate of drug-likeness (QED) is 0.615. The molecule has 96 valence electrons. The molecule has 0 aromatic carbocycles. The van der Waals surface area contributed by atoms with E-state index in [0.717, 1.165) is 0 Å². The zero-order valence-corrected chi connectivity index (χ0v) is 9.90.